The Morgan fingerprint density at radius 3 is 2.38 bits per heavy atom. The van der Waals surface area contributed by atoms with Crippen molar-refractivity contribution in [1.82, 2.24) is 4.98 Å². The van der Waals surface area contributed by atoms with Gasteiger partial charge in [0, 0.05) is 17.5 Å². The van der Waals surface area contributed by atoms with Crippen molar-refractivity contribution in [3.63, 3.8) is 0 Å². The van der Waals surface area contributed by atoms with Gasteiger partial charge in [0.15, 0.2) is 5.13 Å². The van der Waals surface area contributed by atoms with Gasteiger partial charge in [-0.05, 0) is 32.6 Å². The molecule has 0 atom stereocenters. The molecule has 2 aliphatic rings. The third-order valence-electron chi connectivity index (χ3n) is 3.28. The Morgan fingerprint density at radius 1 is 1.31 bits per heavy atom. The predicted octanol–water partition coefficient (Wildman–Crippen LogP) is 2.58. The average molecular weight is 194 g/mol. The van der Waals surface area contributed by atoms with Crippen LogP contribution in [0.2, 0.25) is 0 Å². The molecule has 0 aromatic carbocycles. The average Bonchev–Trinajstić information content (AvgIpc) is 2.78. The first-order valence-corrected chi connectivity index (χ1v) is 5.93. The summed E-state index contributed by atoms with van der Waals surface area (Å²) in [7, 11) is 0. The van der Waals surface area contributed by atoms with Crippen molar-refractivity contribution in [1.29, 1.82) is 0 Å². The molecule has 3 heteroatoms. The fourth-order valence-corrected chi connectivity index (χ4v) is 3.63. The molecule has 13 heavy (non-hydrogen) atoms. The van der Waals surface area contributed by atoms with E-state index in [1.807, 2.05) is 11.3 Å². The van der Waals surface area contributed by atoms with Crippen LogP contribution in [0.15, 0.2) is 5.38 Å². The number of hydrogen-bond donors (Lipinski definition) is 0. The van der Waals surface area contributed by atoms with Crippen LogP contribution < -0.4 is 4.90 Å². The third-order valence-corrected chi connectivity index (χ3v) is 4.25. The van der Waals surface area contributed by atoms with Crippen molar-refractivity contribution >= 4 is 16.5 Å². The first-order chi connectivity index (χ1) is 6.34. The Kier molecular flexibility index (Phi) is 1.62. The van der Waals surface area contributed by atoms with Crippen LogP contribution in [0.1, 0.15) is 31.4 Å². The molecule has 2 bridgehead atoms. The summed E-state index contributed by atoms with van der Waals surface area (Å²) in [6.07, 6.45) is 5.57. The highest BCUT2D eigenvalue weighted by Gasteiger charge is 2.40. The second kappa shape index (κ2) is 2.71. The largest absolute Gasteiger partial charge is 0.342 e. The summed E-state index contributed by atoms with van der Waals surface area (Å²) in [6.45, 7) is 2.08. The predicted molar refractivity (Wildman–Crippen MR) is 55.4 cm³/mol. The molecule has 0 aliphatic carbocycles. The zero-order valence-corrected chi connectivity index (χ0v) is 8.68. The summed E-state index contributed by atoms with van der Waals surface area (Å²) >= 11 is 1.81. The van der Waals surface area contributed by atoms with Crippen LogP contribution in [0.5, 0.6) is 0 Å². The van der Waals surface area contributed by atoms with E-state index in [1.54, 1.807) is 0 Å². The molecule has 0 amide bonds. The fourth-order valence-electron chi connectivity index (χ4n) is 2.69. The number of hydrogen-bond acceptors (Lipinski definition) is 3. The maximum atomic E-state index is 4.58. The van der Waals surface area contributed by atoms with Gasteiger partial charge >= 0.3 is 0 Å². The van der Waals surface area contributed by atoms with Gasteiger partial charge in [-0.1, -0.05) is 0 Å². The number of aromatic nitrogens is 1. The van der Waals surface area contributed by atoms with E-state index in [4.69, 9.17) is 0 Å². The number of thiazole rings is 1. The maximum Gasteiger partial charge on any atom is 0.185 e. The summed E-state index contributed by atoms with van der Waals surface area (Å²) < 4.78 is 0. The van der Waals surface area contributed by atoms with Crippen LogP contribution in [0.3, 0.4) is 0 Å². The summed E-state index contributed by atoms with van der Waals surface area (Å²) in [4.78, 5) is 7.15. The highest BCUT2D eigenvalue weighted by Crippen LogP contribution is 2.41. The van der Waals surface area contributed by atoms with Crippen molar-refractivity contribution in [3.8, 4) is 0 Å². The molecule has 2 fully saturated rings. The van der Waals surface area contributed by atoms with Gasteiger partial charge in [0.1, 0.15) is 0 Å². The van der Waals surface area contributed by atoms with Gasteiger partial charge in [-0.2, -0.15) is 0 Å². The minimum atomic E-state index is 0.815. The monoisotopic (exact) mass is 194 g/mol. The minimum absolute atomic E-state index is 0.815. The molecule has 2 aliphatic heterocycles. The van der Waals surface area contributed by atoms with Crippen molar-refractivity contribution in [2.45, 2.75) is 44.7 Å². The van der Waals surface area contributed by atoms with Gasteiger partial charge in [-0.15, -0.1) is 11.3 Å². The zero-order chi connectivity index (χ0) is 8.84. The molecule has 0 saturated carbocycles. The van der Waals surface area contributed by atoms with E-state index in [-0.39, 0.29) is 0 Å². The van der Waals surface area contributed by atoms with Gasteiger partial charge in [-0.3, -0.25) is 0 Å². The molecule has 0 radical (unpaired) electrons. The molecular weight excluding hydrogens is 180 g/mol. The topological polar surface area (TPSA) is 16.1 Å². The first kappa shape index (κ1) is 7.80. The lowest BCUT2D eigenvalue weighted by Crippen LogP contribution is -2.27. The maximum absolute atomic E-state index is 4.58. The van der Waals surface area contributed by atoms with Gasteiger partial charge in [0.05, 0.1) is 5.69 Å². The quantitative estimate of drug-likeness (QED) is 0.683. The van der Waals surface area contributed by atoms with Crippen molar-refractivity contribution in [2.75, 3.05) is 4.90 Å². The van der Waals surface area contributed by atoms with Crippen LogP contribution in [0, 0.1) is 6.92 Å². The Hall–Kier alpha value is -0.570. The van der Waals surface area contributed by atoms with Gasteiger partial charge < -0.3 is 4.90 Å². The normalized spacial score (nSPS) is 31.6. The van der Waals surface area contributed by atoms with Crippen LogP contribution in [-0.2, 0) is 0 Å². The molecular formula is C10H14N2S. The van der Waals surface area contributed by atoms with E-state index < -0.39 is 0 Å². The van der Waals surface area contributed by atoms with E-state index in [0.717, 1.165) is 12.1 Å². The fraction of sp³-hybridized carbons (Fsp3) is 0.700. The molecule has 3 rings (SSSR count). The van der Waals surface area contributed by atoms with Crippen LogP contribution in [-0.4, -0.2) is 17.1 Å². The van der Waals surface area contributed by atoms with Gasteiger partial charge in [0.25, 0.3) is 0 Å². The van der Waals surface area contributed by atoms with E-state index >= 15 is 0 Å². The highest BCUT2D eigenvalue weighted by atomic mass is 32.1. The van der Waals surface area contributed by atoms with E-state index in [0.29, 0.717) is 0 Å². The summed E-state index contributed by atoms with van der Waals surface area (Å²) in [6, 6.07) is 1.63. The number of fused-ring (bicyclic) bond motifs is 2. The zero-order valence-electron chi connectivity index (χ0n) is 7.86. The lowest BCUT2D eigenvalue weighted by molar-refractivity contribution is 0.576. The lowest BCUT2D eigenvalue weighted by atomic mass is 10.0. The summed E-state index contributed by atoms with van der Waals surface area (Å²) in [5, 5.41) is 3.43. The van der Waals surface area contributed by atoms with Crippen LogP contribution in [0.25, 0.3) is 0 Å². The second-order valence-electron chi connectivity index (χ2n) is 4.14. The molecule has 2 saturated heterocycles. The molecule has 0 spiro atoms. The molecule has 3 heterocycles. The highest BCUT2D eigenvalue weighted by molar-refractivity contribution is 7.13. The number of anilines is 1. The third kappa shape index (κ3) is 1.10. The second-order valence-corrected chi connectivity index (χ2v) is 4.98. The van der Waals surface area contributed by atoms with E-state index in [2.05, 4.69) is 22.2 Å². The summed E-state index contributed by atoms with van der Waals surface area (Å²) in [5.41, 5.74) is 1.17. The first-order valence-electron chi connectivity index (χ1n) is 5.05. The Bertz CT molecular complexity index is 300. The lowest BCUT2D eigenvalue weighted by Gasteiger charge is -2.20. The molecule has 1 aromatic heterocycles. The minimum Gasteiger partial charge on any atom is -0.342 e. The van der Waals surface area contributed by atoms with Gasteiger partial charge in [-0.25, -0.2) is 4.98 Å². The van der Waals surface area contributed by atoms with Crippen molar-refractivity contribution in [3.05, 3.63) is 11.1 Å². The molecule has 1 aromatic rings. The number of nitrogens with zero attached hydrogens (tertiary/aromatic N) is 2. The Morgan fingerprint density at radius 2 is 1.92 bits per heavy atom. The smallest absolute Gasteiger partial charge is 0.185 e. The van der Waals surface area contributed by atoms with E-state index in [9.17, 15) is 0 Å². The Labute approximate surface area is 82.6 Å². The molecule has 2 nitrogen and oxygen atoms in total. The molecule has 0 unspecified atom stereocenters. The van der Waals surface area contributed by atoms with E-state index in [1.165, 1.54) is 36.5 Å². The van der Waals surface area contributed by atoms with Crippen LogP contribution >= 0.6 is 11.3 Å². The number of rotatable bonds is 1. The standard InChI is InChI=1S/C10H14N2S/c1-7-6-13-10(11-7)12-8-2-3-9(12)5-4-8/h6,8-9H,2-5H2,1H3. The molecule has 0 N–H and O–H groups in total. The van der Waals surface area contributed by atoms with Crippen molar-refractivity contribution < 1.29 is 0 Å². The molecule has 70 valence electrons. The Balaban J connectivity index is 1.93. The summed E-state index contributed by atoms with van der Waals surface area (Å²) in [5.74, 6) is 0. The van der Waals surface area contributed by atoms with Gasteiger partial charge in [0.2, 0.25) is 0 Å². The SMILES string of the molecule is Cc1csc(N2C3CCC2CC3)n1. The van der Waals surface area contributed by atoms with Crippen molar-refractivity contribution in [2.24, 2.45) is 0 Å². The van der Waals surface area contributed by atoms with Crippen LogP contribution in [0.4, 0.5) is 5.13 Å². The number of aryl methyl sites for hydroxylation is 1.